The van der Waals surface area contributed by atoms with Crippen LogP contribution in [-0.2, 0) is 6.18 Å². The van der Waals surface area contributed by atoms with Gasteiger partial charge in [-0.1, -0.05) is 12.1 Å². The highest BCUT2D eigenvalue weighted by Crippen LogP contribution is 2.32. The molecule has 1 N–H and O–H groups in total. The smallest absolute Gasteiger partial charge is 0.433 e. The molecule has 6 nitrogen and oxygen atoms in total. The molecule has 0 aliphatic rings. The Kier molecular flexibility index (Phi) is 3.77. The van der Waals surface area contributed by atoms with Crippen LogP contribution in [0.15, 0.2) is 36.7 Å². The lowest BCUT2D eigenvalue weighted by atomic mass is 10.3. The van der Waals surface area contributed by atoms with E-state index in [1.807, 2.05) is 6.92 Å². The van der Waals surface area contributed by atoms with E-state index < -0.39 is 11.9 Å². The first-order chi connectivity index (χ1) is 11.0. The fraction of sp³-hybridized carbons (Fsp3) is 0.214. The Bertz CT molecular complexity index is 831. The van der Waals surface area contributed by atoms with Gasteiger partial charge in [-0.3, -0.25) is 0 Å². The van der Waals surface area contributed by atoms with Crippen LogP contribution in [0.1, 0.15) is 12.6 Å². The van der Waals surface area contributed by atoms with E-state index in [0.717, 1.165) is 12.4 Å². The topological polar surface area (TPSA) is 64.3 Å². The third-order valence-electron chi connectivity index (χ3n) is 2.99. The van der Waals surface area contributed by atoms with Crippen LogP contribution in [-0.4, -0.2) is 26.2 Å². The lowest BCUT2D eigenvalue weighted by molar-refractivity contribution is -0.141. The average Bonchev–Trinajstić information content (AvgIpc) is 2.97. The Morgan fingerprint density at radius 1 is 1.26 bits per heavy atom. The molecule has 0 bridgehead atoms. The van der Waals surface area contributed by atoms with Gasteiger partial charge in [0.15, 0.2) is 5.69 Å². The fourth-order valence-electron chi connectivity index (χ4n) is 2.04. The van der Waals surface area contributed by atoms with E-state index in [1.54, 1.807) is 24.3 Å². The summed E-state index contributed by atoms with van der Waals surface area (Å²) in [5.74, 6) is 0.469. The van der Waals surface area contributed by atoms with Crippen LogP contribution in [0.3, 0.4) is 0 Å². The van der Waals surface area contributed by atoms with Crippen LogP contribution in [0.4, 0.5) is 24.7 Å². The van der Waals surface area contributed by atoms with Gasteiger partial charge in [-0.2, -0.15) is 27.8 Å². The molecular formula is C14H12F3N5O. The molecule has 0 aliphatic heterocycles. The molecule has 120 valence electrons. The number of nitrogens with one attached hydrogen (secondary N) is 1. The maximum Gasteiger partial charge on any atom is 0.433 e. The first-order valence-corrected chi connectivity index (χ1v) is 6.76. The number of nitrogens with zero attached hydrogens (tertiary/aromatic N) is 4. The maximum atomic E-state index is 13.0. The van der Waals surface area contributed by atoms with Crippen molar-refractivity contribution in [3.05, 3.63) is 42.4 Å². The zero-order valence-corrected chi connectivity index (χ0v) is 12.0. The maximum absolute atomic E-state index is 13.0. The summed E-state index contributed by atoms with van der Waals surface area (Å²) in [7, 11) is 0. The highest BCUT2D eigenvalue weighted by atomic mass is 19.4. The summed E-state index contributed by atoms with van der Waals surface area (Å²) in [6.45, 7) is 2.25. The number of rotatable bonds is 4. The van der Waals surface area contributed by atoms with Gasteiger partial charge in [-0.25, -0.2) is 4.98 Å². The zero-order chi connectivity index (χ0) is 16.4. The lowest BCUT2D eigenvalue weighted by Gasteiger charge is -2.14. The number of halogens is 3. The minimum Gasteiger partial charge on any atom is -0.492 e. The highest BCUT2D eigenvalue weighted by molar-refractivity contribution is 5.65. The van der Waals surface area contributed by atoms with Gasteiger partial charge in [0.2, 0.25) is 0 Å². The van der Waals surface area contributed by atoms with Gasteiger partial charge in [-0.05, 0) is 19.1 Å². The summed E-state index contributed by atoms with van der Waals surface area (Å²) in [6.07, 6.45) is -3.44. The van der Waals surface area contributed by atoms with E-state index >= 15 is 0 Å². The van der Waals surface area contributed by atoms with Crippen molar-refractivity contribution >= 4 is 17.3 Å². The van der Waals surface area contributed by atoms with Crippen molar-refractivity contribution < 1.29 is 17.9 Å². The van der Waals surface area contributed by atoms with Gasteiger partial charge < -0.3 is 10.1 Å². The second-order valence-corrected chi connectivity index (χ2v) is 4.55. The van der Waals surface area contributed by atoms with E-state index in [-0.39, 0.29) is 11.6 Å². The van der Waals surface area contributed by atoms with Crippen LogP contribution < -0.4 is 10.1 Å². The van der Waals surface area contributed by atoms with E-state index in [4.69, 9.17) is 4.74 Å². The van der Waals surface area contributed by atoms with E-state index in [0.29, 0.717) is 18.0 Å². The van der Waals surface area contributed by atoms with Crippen molar-refractivity contribution in [3.8, 4) is 5.75 Å². The standard InChI is InChI=1S/C14H12F3N5O/c1-2-23-10-6-4-3-5-9(10)20-12-7-11(14(15,16)17)21-13-18-8-19-22(12)13/h3-8,20H,2H2,1H3. The first kappa shape index (κ1) is 15.1. The van der Waals surface area contributed by atoms with Crippen LogP contribution in [0, 0.1) is 0 Å². The number of alkyl halides is 3. The molecule has 0 saturated carbocycles. The predicted octanol–water partition coefficient (Wildman–Crippen LogP) is 3.29. The average molecular weight is 323 g/mol. The van der Waals surface area contributed by atoms with Crippen LogP contribution in [0.2, 0.25) is 0 Å². The molecule has 1 aromatic carbocycles. The van der Waals surface area contributed by atoms with Crippen molar-refractivity contribution in [2.75, 3.05) is 11.9 Å². The van der Waals surface area contributed by atoms with Gasteiger partial charge >= 0.3 is 6.18 Å². The number of hydrogen-bond acceptors (Lipinski definition) is 5. The second-order valence-electron chi connectivity index (χ2n) is 4.55. The second kappa shape index (κ2) is 5.75. The Morgan fingerprint density at radius 3 is 2.78 bits per heavy atom. The molecule has 3 aromatic rings. The van der Waals surface area contributed by atoms with Crippen LogP contribution in [0.5, 0.6) is 5.75 Å². The number of ether oxygens (including phenoxy) is 1. The number of benzene rings is 1. The van der Waals surface area contributed by atoms with Crippen LogP contribution >= 0.6 is 0 Å². The molecular weight excluding hydrogens is 311 g/mol. The molecule has 9 heteroatoms. The molecule has 0 fully saturated rings. The SMILES string of the molecule is CCOc1ccccc1Nc1cc(C(F)(F)F)nc2ncnn12. The molecule has 0 saturated heterocycles. The number of hydrogen-bond donors (Lipinski definition) is 1. The van der Waals surface area contributed by atoms with Crippen molar-refractivity contribution in [2.45, 2.75) is 13.1 Å². The summed E-state index contributed by atoms with van der Waals surface area (Å²) in [6, 6.07) is 7.81. The molecule has 0 spiro atoms. The molecule has 2 heterocycles. The van der Waals surface area contributed by atoms with Crippen molar-refractivity contribution in [1.82, 2.24) is 19.6 Å². The largest absolute Gasteiger partial charge is 0.492 e. The van der Waals surface area contributed by atoms with Gasteiger partial charge in [0, 0.05) is 6.07 Å². The fourth-order valence-corrected chi connectivity index (χ4v) is 2.04. The number of anilines is 2. The lowest BCUT2D eigenvalue weighted by Crippen LogP contribution is -2.12. The third kappa shape index (κ3) is 3.03. The van der Waals surface area contributed by atoms with Gasteiger partial charge in [-0.15, -0.1) is 0 Å². The summed E-state index contributed by atoms with van der Waals surface area (Å²) in [5, 5.41) is 6.78. The Hall–Kier alpha value is -2.84. The number of aromatic nitrogens is 4. The van der Waals surface area contributed by atoms with E-state index in [1.165, 1.54) is 4.52 Å². The van der Waals surface area contributed by atoms with Crippen molar-refractivity contribution in [1.29, 1.82) is 0 Å². The quantitative estimate of drug-likeness (QED) is 0.798. The first-order valence-electron chi connectivity index (χ1n) is 6.76. The summed E-state index contributed by atoms with van der Waals surface area (Å²) >= 11 is 0. The highest BCUT2D eigenvalue weighted by Gasteiger charge is 2.34. The Morgan fingerprint density at radius 2 is 2.04 bits per heavy atom. The zero-order valence-electron chi connectivity index (χ0n) is 12.0. The van der Waals surface area contributed by atoms with Crippen molar-refractivity contribution in [3.63, 3.8) is 0 Å². The minimum absolute atomic E-state index is 0.0898. The molecule has 0 aliphatic carbocycles. The van der Waals surface area contributed by atoms with E-state index in [9.17, 15) is 13.2 Å². The third-order valence-corrected chi connectivity index (χ3v) is 2.99. The molecule has 0 atom stereocenters. The normalized spacial score (nSPS) is 11.7. The van der Waals surface area contributed by atoms with Gasteiger partial charge in [0.25, 0.3) is 5.78 Å². The molecule has 2 aromatic heterocycles. The monoisotopic (exact) mass is 323 g/mol. The minimum atomic E-state index is -4.58. The molecule has 0 amide bonds. The summed E-state index contributed by atoms with van der Waals surface area (Å²) in [4.78, 5) is 7.18. The summed E-state index contributed by atoms with van der Waals surface area (Å²) in [5.41, 5.74) is -0.528. The summed E-state index contributed by atoms with van der Waals surface area (Å²) < 4.78 is 45.6. The number of fused-ring (bicyclic) bond motifs is 1. The van der Waals surface area contributed by atoms with Crippen molar-refractivity contribution in [2.24, 2.45) is 0 Å². The predicted molar refractivity (Wildman–Crippen MR) is 76.7 cm³/mol. The molecule has 0 unspecified atom stereocenters. The van der Waals surface area contributed by atoms with Gasteiger partial charge in [0.1, 0.15) is 17.9 Å². The molecule has 23 heavy (non-hydrogen) atoms. The molecule has 3 rings (SSSR count). The Balaban J connectivity index is 2.08. The van der Waals surface area contributed by atoms with E-state index in [2.05, 4.69) is 20.4 Å². The van der Waals surface area contributed by atoms with Gasteiger partial charge in [0.05, 0.1) is 12.3 Å². The number of para-hydroxylation sites is 2. The molecule has 0 radical (unpaired) electrons. The van der Waals surface area contributed by atoms with Crippen LogP contribution in [0.25, 0.3) is 5.78 Å². The Labute approximate surface area is 128 Å².